The molecule has 8 nitrogen and oxygen atoms in total. The van der Waals surface area contributed by atoms with Gasteiger partial charge in [-0.05, 0) is 60.4 Å². The Balaban J connectivity index is 1.11. The van der Waals surface area contributed by atoms with E-state index < -0.39 is 6.29 Å². The Morgan fingerprint density at radius 2 is 1.47 bits per heavy atom. The Bertz CT molecular complexity index is 1580. The lowest BCUT2D eigenvalue weighted by Crippen LogP contribution is -2.31. The number of para-hydroxylation sites is 2. The average Bonchev–Trinajstić information content (AvgIpc) is 3.10. The number of thioether (sulfide) groups is 1. The number of hydrogen-bond acceptors (Lipinski definition) is 7. The van der Waals surface area contributed by atoms with Crippen molar-refractivity contribution in [3.05, 3.63) is 120 Å². The van der Waals surface area contributed by atoms with Crippen LogP contribution in [0.3, 0.4) is 0 Å². The summed E-state index contributed by atoms with van der Waals surface area (Å²) in [6.45, 7) is -0.00341. The van der Waals surface area contributed by atoms with Crippen LogP contribution in [0.5, 0.6) is 0 Å². The van der Waals surface area contributed by atoms with Crippen LogP contribution in [0.25, 0.3) is 0 Å². The Morgan fingerprint density at radius 3 is 2.19 bits per heavy atom. The van der Waals surface area contributed by atoms with Gasteiger partial charge in [-0.1, -0.05) is 79.6 Å². The number of carbonyl (C=O) groups excluding carboxylic acids is 2. The van der Waals surface area contributed by atoms with Crippen molar-refractivity contribution in [2.45, 2.75) is 74.9 Å². The van der Waals surface area contributed by atoms with Crippen LogP contribution in [0.15, 0.2) is 108 Å². The molecule has 1 aliphatic heterocycles. The predicted molar refractivity (Wildman–Crippen MR) is 188 cm³/mol. The highest BCUT2D eigenvalue weighted by Crippen LogP contribution is 2.40. The normalized spacial score (nSPS) is 17.6. The van der Waals surface area contributed by atoms with Crippen LogP contribution in [0.4, 0.5) is 17.1 Å². The second kappa shape index (κ2) is 17.7. The molecular weight excluding hydrogens is 611 g/mol. The summed E-state index contributed by atoms with van der Waals surface area (Å²) >= 11 is 1.76. The molecule has 1 saturated heterocycles. The number of rotatable bonds is 15. The first-order chi connectivity index (χ1) is 23.0. The average molecular weight is 654 g/mol. The highest BCUT2D eigenvalue weighted by molar-refractivity contribution is 7.99. The number of unbranched alkanes of at least 4 members (excludes halogenated alkanes) is 3. The Labute approximate surface area is 281 Å². The summed E-state index contributed by atoms with van der Waals surface area (Å²) in [5, 5.41) is 15.4. The van der Waals surface area contributed by atoms with Crippen molar-refractivity contribution in [3.63, 3.8) is 0 Å². The zero-order valence-corrected chi connectivity index (χ0v) is 27.3. The zero-order chi connectivity index (χ0) is 32.8. The summed E-state index contributed by atoms with van der Waals surface area (Å²) in [5.41, 5.74) is 10.5. The third-order valence-corrected chi connectivity index (χ3v) is 9.17. The van der Waals surface area contributed by atoms with Crippen molar-refractivity contribution in [3.8, 4) is 0 Å². The van der Waals surface area contributed by atoms with E-state index in [0.29, 0.717) is 36.3 Å². The van der Waals surface area contributed by atoms with E-state index in [1.165, 1.54) is 4.90 Å². The lowest BCUT2D eigenvalue weighted by Gasteiger charge is -2.36. The summed E-state index contributed by atoms with van der Waals surface area (Å²) in [6.07, 6.45) is 3.91. The first-order valence-electron chi connectivity index (χ1n) is 16.2. The molecule has 0 unspecified atom stereocenters. The number of nitrogens with one attached hydrogen (secondary N) is 2. The molecule has 5 N–H and O–H groups in total. The summed E-state index contributed by atoms with van der Waals surface area (Å²) < 4.78 is 13.0. The van der Waals surface area contributed by atoms with Crippen molar-refractivity contribution in [1.82, 2.24) is 0 Å². The SMILES string of the molecule is Nc1ccccc1NC(=O)CCCCCCC(=O)Nc1cccc([C@H]2O[C@@H](CSc3ccccc3)C[C@@H](c3ccc(CO)cc3)O2)c1. The molecule has 3 atom stereocenters. The standard InChI is InChI=1S/C38H43N3O5S/c39-33-15-8-9-16-34(33)41-37(44)18-7-2-1-6-17-36(43)40-30-12-10-11-29(23-30)38-45-31(26-47-32-13-4-3-5-14-32)24-35(46-38)28-21-19-27(25-42)20-22-28/h3-5,8-16,19-23,31,35,38,42H,1-2,6-7,17-18,24-26,39H2,(H,40,43)(H,41,44)/t31-,35+,38+/m1/s1. The van der Waals surface area contributed by atoms with Gasteiger partial charge in [0.05, 0.1) is 30.2 Å². The van der Waals surface area contributed by atoms with E-state index in [2.05, 4.69) is 22.8 Å². The molecule has 0 aliphatic carbocycles. The van der Waals surface area contributed by atoms with Gasteiger partial charge in [0.15, 0.2) is 6.29 Å². The van der Waals surface area contributed by atoms with Crippen LogP contribution in [0.2, 0.25) is 0 Å². The molecule has 1 heterocycles. The minimum absolute atomic E-state index is 0.00341. The van der Waals surface area contributed by atoms with Gasteiger partial charge in [-0.25, -0.2) is 0 Å². The maximum atomic E-state index is 12.8. The molecule has 1 fully saturated rings. The van der Waals surface area contributed by atoms with E-state index >= 15 is 0 Å². The summed E-state index contributed by atoms with van der Waals surface area (Å²) in [7, 11) is 0. The van der Waals surface area contributed by atoms with Crippen LogP contribution in [0, 0.1) is 0 Å². The minimum atomic E-state index is -0.597. The first kappa shape index (κ1) is 34.2. The Kier molecular flexibility index (Phi) is 12.9. The summed E-state index contributed by atoms with van der Waals surface area (Å²) in [5.74, 6) is 0.667. The summed E-state index contributed by atoms with van der Waals surface area (Å²) in [4.78, 5) is 26.2. The second-order valence-electron chi connectivity index (χ2n) is 11.7. The number of amides is 2. The Hall–Kier alpha value is -4.15. The Morgan fingerprint density at radius 1 is 0.766 bits per heavy atom. The van der Waals surface area contributed by atoms with Crippen molar-refractivity contribution < 1.29 is 24.2 Å². The molecule has 0 aromatic heterocycles. The molecule has 0 saturated carbocycles. The minimum Gasteiger partial charge on any atom is -0.397 e. The molecule has 4 aromatic carbocycles. The fourth-order valence-electron chi connectivity index (χ4n) is 5.46. The quantitative estimate of drug-likeness (QED) is 0.0582. The highest BCUT2D eigenvalue weighted by atomic mass is 32.2. The van der Waals surface area contributed by atoms with E-state index in [4.69, 9.17) is 15.2 Å². The highest BCUT2D eigenvalue weighted by Gasteiger charge is 2.32. The van der Waals surface area contributed by atoms with Gasteiger partial charge in [-0.15, -0.1) is 11.8 Å². The van der Waals surface area contributed by atoms with Crippen molar-refractivity contribution in [2.75, 3.05) is 22.1 Å². The summed E-state index contributed by atoms with van der Waals surface area (Å²) in [6, 6.07) is 33.0. The largest absolute Gasteiger partial charge is 0.397 e. The van der Waals surface area contributed by atoms with E-state index in [1.54, 1.807) is 23.9 Å². The lowest BCUT2D eigenvalue weighted by molar-refractivity contribution is -0.245. The van der Waals surface area contributed by atoms with Gasteiger partial charge in [0.25, 0.3) is 0 Å². The molecule has 47 heavy (non-hydrogen) atoms. The van der Waals surface area contributed by atoms with Crippen molar-refractivity contribution >= 4 is 40.6 Å². The van der Waals surface area contributed by atoms with Crippen LogP contribution >= 0.6 is 11.8 Å². The number of nitrogen functional groups attached to an aromatic ring is 1. The number of aliphatic hydroxyl groups is 1. The fourth-order valence-corrected chi connectivity index (χ4v) is 6.41. The number of nitrogens with two attached hydrogens (primary N) is 1. The van der Waals surface area contributed by atoms with Gasteiger partial charge in [0, 0.05) is 41.2 Å². The number of anilines is 3. The molecule has 4 aromatic rings. The maximum Gasteiger partial charge on any atom is 0.224 e. The van der Waals surface area contributed by atoms with E-state index in [-0.39, 0.29) is 30.6 Å². The van der Waals surface area contributed by atoms with Gasteiger partial charge in [-0.2, -0.15) is 0 Å². The zero-order valence-electron chi connectivity index (χ0n) is 26.5. The number of benzene rings is 4. The van der Waals surface area contributed by atoms with Crippen LogP contribution < -0.4 is 16.4 Å². The third kappa shape index (κ3) is 10.7. The van der Waals surface area contributed by atoms with Crippen LogP contribution in [0.1, 0.15) is 74.0 Å². The predicted octanol–water partition coefficient (Wildman–Crippen LogP) is 8.02. The molecule has 9 heteroatoms. The molecule has 5 rings (SSSR count). The van der Waals surface area contributed by atoms with Gasteiger partial charge in [0.2, 0.25) is 11.8 Å². The van der Waals surface area contributed by atoms with Crippen LogP contribution in [-0.2, 0) is 25.7 Å². The number of hydrogen-bond donors (Lipinski definition) is 4. The van der Waals surface area contributed by atoms with Crippen LogP contribution in [-0.4, -0.2) is 28.8 Å². The third-order valence-electron chi connectivity index (χ3n) is 8.03. The monoisotopic (exact) mass is 653 g/mol. The van der Waals surface area contributed by atoms with E-state index in [1.807, 2.05) is 78.9 Å². The molecule has 2 amide bonds. The number of ether oxygens (including phenoxy) is 2. The van der Waals surface area contributed by atoms with E-state index in [9.17, 15) is 14.7 Å². The topological polar surface area (TPSA) is 123 Å². The molecule has 0 radical (unpaired) electrons. The molecule has 0 spiro atoms. The van der Waals surface area contributed by atoms with Crippen molar-refractivity contribution in [2.24, 2.45) is 0 Å². The molecule has 0 bridgehead atoms. The van der Waals surface area contributed by atoms with Gasteiger partial charge in [0.1, 0.15) is 0 Å². The van der Waals surface area contributed by atoms with E-state index in [0.717, 1.165) is 48.1 Å². The fraction of sp³-hybridized carbons (Fsp3) is 0.316. The van der Waals surface area contributed by atoms with Gasteiger partial charge < -0.3 is 30.9 Å². The molecule has 246 valence electrons. The van der Waals surface area contributed by atoms with Crippen molar-refractivity contribution in [1.29, 1.82) is 0 Å². The number of aliphatic hydroxyl groups excluding tert-OH is 1. The van der Waals surface area contributed by atoms with Gasteiger partial charge >= 0.3 is 0 Å². The molecular formula is C38H43N3O5S. The lowest BCUT2D eigenvalue weighted by atomic mass is 10.0. The number of carbonyl (C=O) groups is 2. The smallest absolute Gasteiger partial charge is 0.224 e. The molecule has 1 aliphatic rings. The second-order valence-corrected chi connectivity index (χ2v) is 12.8. The van der Waals surface area contributed by atoms with Gasteiger partial charge in [-0.3, -0.25) is 9.59 Å². The maximum absolute atomic E-state index is 12.8. The first-order valence-corrected chi connectivity index (χ1v) is 17.2.